The van der Waals surface area contributed by atoms with E-state index in [-0.39, 0.29) is 11.8 Å². The Kier molecular flexibility index (Phi) is 4.81. The highest BCUT2D eigenvalue weighted by Gasteiger charge is 2.24. The van der Waals surface area contributed by atoms with Gasteiger partial charge in [0, 0.05) is 11.7 Å². The molecule has 7 heteroatoms. The Morgan fingerprint density at radius 2 is 2.19 bits per heavy atom. The van der Waals surface area contributed by atoms with Crippen LogP contribution in [0.25, 0.3) is 0 Å². The lowest BCUT2D eigenvalue weighted by atomic mass is 10.1. The van der Waals surface area contributed by atoms with Crippen LogP contribution in [0.4, 0.5) is 4.79 Å². The highest BCUT2D eigenvalue weighted by Crippen LogP contribution is 2.23. The van der Waals surface area contributed by atoms with Crippen LogP contribution in [0, 0.1) is 25.2 Å². The maximum atomic E-state index is 11.7. The average molecular weight is 304 g/mol. The Hall–Kier alpha value is -2.07. The molecule has 1 saturated carbocycles. The first-order valence-corrected chi connectivity index (χ1v) is 7.59. The van der Waals surface area contributed by atoms with Gasteiger partial charge in [-0.2, -0.15) is 5.26 Å². The molecular weight excluding hydrogens is 288 g/mol. The predicted molar refractivity (Wildman–Crippen MR) is 78.8 cm³/mol. The number of imide groups is 1. The predicted octanol–water partition coefficient (Wildman–Crippen LogP) is 1.65. The zero-order chi connectivity index (χ0) is 15.4. The summed E-state index contributed by atoms with van der Waals surface area (Å²) in [5, 5.41) is 14.6. The average Bonchev–Trinajstić information content (AvgIpc) is 3.19. The molecule has 1 aliphatic rings. The van der Waals surface area contributed by atoms with E-state index >= 15 is 0 Å². The van der Waals surface area contributed by atoms with Gasteiger partial charge in [-0.05, 0) is 38.3 Å². The van der Waals surface area contributed by atoms with Crippen molar-refractivity contribution in [2.24, 2.45) is 0 Å². The van der Waals surface area contributed by atoms with Crippen molar-refractivity contribution in [3.05, 3.63) is 22.9 Å². The van der Waals surface area contributed by atoms with Crippen molar-refractivity contribution >= 4 is 23.7 Å². The van der Waals surface area contributed by atoms with Crippen molar-refractivity contribution in [3.8, 4) is 6.07 Å². The van der Waals surface area contributed by atoms with Gasteiger partial charge in [-0.15, -0.1) is 0 Å². The number of thioether (sulfide) groups is 1. The summed E-state index contributed by atoms with van der Waals surface area (Å²) in [5.41, 5.74) is 2.10. The number of urea groups is 1. The van der Waals surface area contributed by atoms with E-state index in [1.54, 1.807) is 0 Å². The Labute approximate surface area is 127 Å². The van der Waals surface area contributed by atoms with E-state index in [2.05, 4.69) is 21.7 Å². The second kappa shape index (κ2) is 6.59. The van der Waals surface area contributed by atoms with Crippen LogP contribution in [0.1, 0.15) is 29.7 Å². The maximum absolute atomic E-state index is 11.7. The number of nitrogens with one attached hydrogen (secondary N) is 2. The second-order valence-electron chi connectivity index (χ2n) is 4.96. The van der Waals surface area contributed by atoms with Crippen LogP contribution in [0.3, 0.4) is 0 Å². The van der Waals surface area contributed by atoms with Gasteiger partial charge in [0.15, 0.2) is 0 Å². The van der Waals surface area contributed by atoms with Crippen LogP contribution >= 0.6 is 11.8 Å². The van der Waals surface area contributed by atoms with E-state index in [0.29, 0.717) is 10.6 Å². The zero-order valence-electron chi connectivity index (χ0n) is 11.9. The Morgan fingerprint density at radius 1 is 1.48 bits per heavy atom. The molecular formula is C14H16N4O2S. The van der Waals surface area contributed by atoms with Crippen molar-refractivity contribution in [3.63, 3.8) is 0 Å². The molecule has 2 N–H and O–H groups in total. The normalized spacial score (nSPS) is 13.4. The van der Waals surface area contributed by atoms with Crippen molar-refractivity contribution in [1.29, 1.82) is 5.26 Å². The monoisotopic (exact) mass is 304 g/mol. The highest BCUT2D eigenvalue weighted by molar-refractivity contribution is 8.00. The van der Waals surface area contributed by atoms with Crippen molar-refractivity contribution < 1.29 is 9.59 Å². The summed E-state index contributed by atoms with van der Waals surface area (Å²) in [4.78, 5) is 27.4. The molecule has 0 aromatic carbocycles. The lowest BCUT2D eigenvalue weighted by Crippen LogP contribution is -2.41. The van der Waals surface area contributed by atoms with Gasteiger partial charge < -0.3 is 5.32 Å². The molecule has 1 heterocycles. The standard InChI is InChI=1S/C14H16N4O2S/c1-8-5-9(2)16-13(11(8)6-15)21-7-12(19)18-14(20)17-10-3-4-10/h5,10H,3-4,7H2,1-2H3,(H2,17,18,19,20). The minimum Gasteiger partial charge on any atom is -0.335 e. The summed E-state index contributed by atoms with van der Waals surface area (Å²) in [6, 6.07) is 3.66. The number of aromatic nitrogens is 1. The lowest BCUT2D eigenvalue weighted by molar-refractivity contribution is -0.117. The van der Waals surface area contributed by atoms with Crippen LogP contribution < -0.4 is 10.6 Å². The first-order chi connectivity index (χ1) is 9.99. The molecule has 0 atom stereocenters. The van der Waals surface area contributed by atoms with Gasteiger partial charge in [-0.25, -0.2) is 9.78 Å². The molecule has 2 rings (SSSR count). The minimum atomic E-state index is -0.461. The third-order valence-corrected chi connectivity index (χ3v) is 3.90. The summed E-state index contributed by atoms with van der Waals surface area (Å²) in [6.45, 7) is 3.67. The molecule has 0 unspecified atom stereocenters. The molecule has 0 aliphatic heterocycles. The Balaban J connectivity index is 1.91. The number of nitrogens with zero attached hydrogens (tertiary/aromatic N) is 2. The van der Waals surface area contributed by atoms with Crippen LogP contribution in [0.5, 0.6) is 0 Å². The highest BCUT2D eigenvalue weighted by atomic mass is 32.2. The fourth-order valence-corrected chi connectivity index (χ4v) is 2.69. The number of nitriles is 1. The molecule has 1 aliphatic carbocycles. The maximum Gasteiger partial charge on any atom is 0.321 e. The minimum absolute atomic E-state index is 0.0443. The molecule has 0 spiro atoms. The van der Waals surface area contributed by atoms with Crippen molar-refractivity contribution in [1.82, 2.24) is 15.6 Å². The number of hydrogen-bond donors (Lipinski definition) is 2. The molecule has 0 bridgehead atoms. The molecule has 1 aromatic heterocycles. The van der Waals surface area contributed by atoms with E-state index in [0.717, 1.165) is 35.9 Å². The largest absolute Gasteiger partial charge is 0.335 e. The number of carbonyl (C=O) groups is 2. The van der Waals surface area contributed by atoms with Gasteiger partial charge >= 0.3 is 6.03 Å². The molecule has 1 fully saturated rings. The molecule has 21 heavy (non-hydrogen) atoms. The van der Waals surface area contributed by atoms with E-state index < -0.39 is 11.9 Å². The van der Waals surface area contributed by atoms with E-state index in [1.165, 1.54) is 0 Å². The molecule has 110 valence electrons. The van der Waals surface area contributed by atoms with E-state index in [4.69, 9.17) is 5.26 Å². The number of hydrogen-bond acceptors (Lipinski definition) is 5. The van der Waals surface area contributed by atoms with Crippen molar-refractivity contribution in [2.75, 3.05) is 5.75 Å². The van der Waals surface area contributed by atoms with Crippen LogP contribution in [0.2, 0.25) is 0 Å². The van der Waals surface area contributed by atoms with Gasteiger partial charge in [0.25, 0.3) is 0 Å². The quantitative estimate of drug-likeness (QED) is 0.825. The summed E-state index contributed by atoms with van der Waals surface area (Å²) in [6.07, 6.45) is 1.93. The van der Waals surface area contributed by atoms with E-state index in [9.17, 15) is 9.59 Å². The van der Waals surface area contributed by atoms with Gasteiger partial charge in [0.05, 0.1) is 11.3 Å². The summed E-state index contributed by atoms with van der Waals surface area (Å²) in [7, 11) is 0. The molecule has 1 aromatic rings. The Bertz CT molecular complexity index is 620. The SMILES string of the molecule is Cc1cc(C)c(C#N)c(SCC(=O)NC(=O)NC2CC2)n1. The fraction of sp³-hybridized carbons (Fsp3) is 0.429. The van der Waals surface area contributed by atoms with E-state index in [1.807, 2.05) is 19.9 Å². The first kappa shape index (κ1) is 15.3. The third kappa shape index (κ3) is 4.46. The molecule has 3 amide bonds. The molecule has 0 radical (unpaired) electrons. The number of carbonyl (C=O) groups excluding carboxylic acids is 2. The zero-order valence-corrected chi connectivity index (χ0v) is 12.7. The third-order valence-electron chi connectivity index (χ3n) is 2.93. The number of rotatable bonds is 4. The smallest absolute Gasteiger partial charge is 0.321 e. The van der Waals surface area contributed by atoms with Gasteiger partial charge in [0.2, 0.25) is 5.91 Å². The molecule has 6 nitrogen and oxygen atoms in total. The lowest BCUT2D eigenvalue weighted by Gasteiger charge is -2.08. The summed E-state index contributed by atoms with van der Waals surface area (Å²) >= 11 is 1.16. The van der Waals surface area contributed by atoms with Crippen LogP contribution in [-0.2, 0) is 4.79 Å². The Morgan fingerprint density at radius 3 is 2.81 bits per heavy atom. The van der Waals surface area contributed by atoms with Gasteiger partial charge in [-0.1, -0.05) is 11.8 Å². The second-order valence-corrected chi connectivity index (χ2v) is 5.92. The van der Waals surface area contributed by atoms with Crippen molar-refractivity contribution in [2.45, 2.75) is 37.8 Å². The number of pyridine rings is 1. The van der Waals surface area contributed by atoms with Crippen LogP contribution in [-0.4, -0.2) is 28.7 Å². The van der Waals surface area contributed by atoms with Crippen LogP contribution in [0.15, 0.2) is 11.1 Å². The van der Waals surface area contributed by atoms with Gasteiger partial charge in [-0.3, -0.25) is 10.1 Å². The fourth-order valence-electron chi connectivity index (χ4n) is 1.79. The topological polar surface area (TPSA) is 94.9 Å². The van der Waals surface area contributed by atoms with Gasteiger partial charge in [0.1, 0.15) is 11.1 Å². The number of aryl methyl sites for hydroxylation is 2. The first-order valence-electron chi connectivity index (χ1n) is 6.61. The molecule has 0 saturated heterocycles. The summed E-state index contributed by atoms with van der Waals surface area (Å²) < 4.78 is 0. The summed E-state index contributed by atoms with van der Waals surface area (Å²) in [5.74, 6) is -0.356. The number of amides is 3.